The van der Waals surface area contributed by atoms with Crippen molar-refractivity contribution in [3.63, 3.8) is 0 Å². The number of hydrogen-bond acceptors (Lipinski definition) is 5. The Balaban J connectivity index is 2.40. The van der Waals surface area contributed by atoms with Crippen LogP contribution in [0.15, 0.2) is 47.4 Å². The van der Waals surface area contributed by atoms with Gasteiger partial charge < -0.3 is 15.1 Å². The lowest BCUT2D eigenvalue weighted by atomic mass is 10.3. The fourth-order valence-electron chi connectivity index (χ4n) is 1.97. The van der Waals surface area contributed by atoms with Crippen LogP contribution in [0.3, 0.4) is 0 Å². The lowest BCUT2D eigenvalue weighted by Gasteiger charge is -2.21. The van der Waals surface area contributed by atoms with Gasteiger partial charge in [0.1, 0.15) is 16.4 Å². The molecule has 0 radical (unpaired) electrons. The normalized spacial score (nSPS) is 11.2. The number of sulfonamides is 1. The van der Waals surface area contributed by atoms with E-state index in [2.05, 4.69) is 0 Å². The van der Waals surface area contributed by atoms with E-state index in [4.69, 9.17) is 0 Å². The number of phenolic OH excluding ortho intramolecular Hbond substituents is 2. The zero-order valence-corrected chi connectivity index (χ0v) is 13.4. The van der Waals surface area contributed by atoms with E-state index in [-0.39, 0.29) is 10.6 Å². The van der Waals surface area contributed by atoms with Crippen LogP contribution in [0.5, 0.6) is 11.5 Å². The highest BCUT2D eigenvalue weighted by Crippen LogP contribution is 2.31. The van der Waals surface area contributed by atoms with Crippen LogP contribution in [0.2, 0.25) is 0 Å². The van der Waals surface area contributed by atoms with Crippen molar-refractivity contribution in [2.45, 2.75) is 4.90 Å². The van der Waals surface area contributed by atoms with E-state index in [0.29, 0.717) is 5.69 Å². The van der Waals surface area contributed by atoms with Gasteiger partial charge >= 0.3 is 0 Å². The zero-order valence-electron chi connectivity index (χ0n) is 12.6. The Bertz CT molecular complexity index is 771. The number of anilines is 2. The van der Waals surface area contributed by atoms with Crippen molar-refractivity contribution in [1.29, 1.82) is 0 Å². The van der Waals surface area contributed by atoms with Gasteiger partial charge in [0, 0.05) is 32.9 Å². The SMILES string of the molecule is CN(C)c1ccc(N(C)S(=O)(=O)c2ccc(O)cc2O)cc1. The summed E-state index contributed by atoms with van der Waals surface area (Å²) in [6.45, 7) is 0. The molecule has 2 rings (SSSR count). The molecular weight excluding hydrogens is 304 g/mol. The molecule has 0 aliphatic carbocycles. The van der Waals surface area contributed by atoms with Crippen molar-refractivity contribution >= 4 is 21.4 Å². The Labute approximate surface area is 129 Å². The van der Waals surface area contributed by atoms with Crippen molar-refractivity contribution in [2.24, 2.45) is 0 Å². The minimum absolute atomic E-state index is 0.200. The molecule has 0 spiro atoms. The quantitative estimate of drug-likeness (QED) is 0.900. The Morgan fingerprint density at radius 3 is 1.91 bits per heavy atom. The highest BCUT2D eigenvalue weighted by Gasteiger charge is 2.24. The second kappa shape index (κ2) is 5.76. The van der Waals surface area contributed by atoms with Gasteiger partial charge in [-0.1, -0.05) is 0 Å². The number of rotatable bonds is 4. The topological polar surface area (TPSA) is 81.1 Å². The summed E-state index contributed by atoms with van der Waals surface area (Å²) in [6.07, 6.45) is 0. The standard InChI is InChI=1S/C15H18N2O4S/c1-16(2)11-4-6-12(7-5-11)17(3)22(20,21)15-9-8-13(18)10-14(15)19/h4-10,18-19H,1-3H3. The zero-order chi connectivity index (χ0) is 16.5. The molecule has 22 heavy (non-hydrogen) atoms. The molecule has 0 saturated carbocycles. The molecule has 0 fully saturated rings. The molecule has 0 heterocycles. The molecule has 0 saturated heterocycles. The van der Waals surface area contributed by atoms with Crippen LogP contribution in [0, 0.1) is 0 Å². The number of benzene rings is 2. The third-order valence-corrected chi connectivity index (χ3v) is 5.14. The minimum atomic E-state index is -3.91. The monoisotopic (exact) mass is 322 g/mol. The maximum absolute atomic E-state index is 12.6. The lowest BCUT2D eigenvalue weighted by Crippen LogP contribution is -2.26. The van der Waals surface area contributed by atoms with Crippen LogP contribution in [0.4, 0.5) is 11.4 Å². The van der Waals surface area contributed by atoms with Crippen molar-refractivity contribution in [1.82, 2.24) is 0 Å². The summed E-state index contributed by atoms with van der Waals surface area (Å²) < 4.78 is 26.2. The largest absolute Gasteiger partial charge is 0.508 e. The summed E-state index contributed by atoms with van der Waals surface area (Å²) in [5.41, 5.74) is 1.42. The van der Waals surface area contributed by atoms with E-state index in [1.165, 1.54) is 19.2 Å². The summed E-state index contributed by atoms with van der Waals surface area (Å²) in [5.74, 6) is -0.689. The first-order chi connectivity index (χ1) is 10.2. The highest BCUT2D eigenvalue weighted by molar-refractivity contribution is 7.92. The molecule has 2 aromatic rings. The fourth-order valence-corrected chi connectivity index (χ4v) is 3.23. The highest BCUT2D eigenvalue weighted by atomic mass is 32.2. The molecule has 2 N–H and O–H groups in total. The smallest absolute Gasteiger partial charge is 0.267 e. The van der Waals surface area contributed by atoms with Gasteiger partial charge in [0.15, 0.2) is 0 Å². The van der Waals surface area contributed by atoms with Gasteiger partial charge in [-0.2, -0.15) is 0 Å². The Morgan fingerprint density at radius 2 is 1.41 bits per heavy atom. The fraction of sp³-hybridized carbons (Fsp3) is 0.200. The number of phenols is 2. The molecule has 0 aliphatic rings. The molecule has 0 bridgehead atoms. The van der Waals surface area contributed by atoms with Gasteiger partial charge in [-0.3, -0.25) is 4.31 Å². The van der Waals surface area contributed by atoms with Gasteiger partial charge in [-0.25, -0.2) is 8.42 Å². The summed E-state index contributed by atoms with van der Waals surface area (Å²) >= 11 is 0. The third kappa shape index (κ3) is 2.94. The van der Waals surface area contributed by atoms with E-state index < -0.39 is 15.8 Å². The summed E-state index contributed by atoms with van der Waals surface area (Å²) in [4.78, 5) is 1.65. The van der Waals surface area contributed by atoms with Crippen molar-refractivity contribution < 1.29 is 18.6 Å². The van der Waals surface area contributed by atoms with Crippen LogP contribution >= 0.6 is 0 Å². The molecule has 0 aliphatic heterocycles. The lowest BCUT2D eigenvalue weighted by molar-refractivity contribution is 0.439. The second-order valence-electron chi connectivity index (χ2n) is 5.04. The molecule has 0 amide bonds. The molecule has 0 atom stereocenters. The summed E-state index contributed by atoms with van der Waals surface area (Å²) in [6, 6.07) is 10.4. The first-order valence-corrected chi connectivity index (χ1v) is 7.96. The Morgan fingerprint density at radius 1 is 0.864 bits per heavy atom. The Kier molecular flexibility index (Phi) is 4.18. The number of nitrogens with zero attached hydrogens (tertiary/aromatic N) is 2. The predicted molar refractivity (Wildman–Crippen MR) is 86.1 cm³/mol. The van der Waals surface area contributed by atoms with Crippen LogP contribution in [0.25, 0.3) is 0 Å². The van der Waals surface area contributed by atoms with E-state index in [9.17, 15) is 18.6 Å². The van der Waals surface area contributed by atoms with Crippen LogP contribution < -0.4 is 9.21 Å². The van der Waals surface area contributed by atoms with E-state index >= 15 is 0 Å². The van der Waals surface area contributed by atoms with Gasteiger partial charge in [0.2, 0.25) is 0 Å². The first kappa shape index (κ1) is 16.0. The van der Waals surface area contributed by atoms with E-state index in [1.807, 2.05) is 19.0 Å². The van der Waals surface area contributed by atoms with Crippen molar-refractivity contribution in [2.75, 3.05) is 30.3 Å². The molecular formula is C15H18N2O4S. The molecule has 6 nitrogen and oxygen atoms in total. The second-order valence-corrected chi connectivity index (χ2v) is 6.97. The maximum atomic E-state index is 12.6. The summed E-state index contributed by atoms with van der Waals surface area (Å²) in [5, 5.41) is 19.0. The molecule has 118 valence electrons. The van der Waals surface area contributed by atoms with Gasteiger partial charge in [0.05, 0.1) is 5.69 Å². The number of aromatic hydroxyl groups is 2. The van der Waals surface area contributed by atoms with Crippen molar-refractivity contribution in [3.8, 4) is 11.5 Å². The molecule has 2 aromatic carbocycles. The first-order valence-electron chi connectivity index (χ1n) is 6.52. The van der Waals surface area contributed by atoms with Gasteiger partial charge in [0.25, 0.3) is 10.0 Å². The van der Waals surface area contributed by atoms with Crippen molar-refractivity contribution in [3.05, 3.63) is 42.5 Å². The average molecular weight is 322 g/mol. The van der Waals surface area contributed by atoms with E-state index in [0.717, 1.165) is 16.1 Å². The van der Waals surface area contributed by atoms with Gasteiger partial charge in [-0.15, -0.1) is 0 Å². The summed E-state index contributed by atoms with van der Waals surface area (Å²) in [7, 11) is 1.28. The van der Waals surface area contributed by atoms with Crippen LogP contribution in [-0.2, 0) is 10.0 Å². The van der Waals surface area contributed by atoms with E-state index in [1.54, 1.807) is 24.3 Å². The third-order valence-electron chi connectivity index (χ3n) is 3.31. The number of hydrogen-bond donors (Lipinski definition) is 2. The maximum Gasteiger partial charge on any atom is 0.267 e. The van der Waals surface area contributed by atoms with Crippen LogP contribution in [0.1, 0.15) is 0 Å². The molecule has 7 heteroatoms. The predicted octanol–water partition coefficient (Wildman–Crippen LogP) is 1.99. The van der Waals surface area contributed by atoms with Gasteiger partial charge in [-0.05, 0) is 36.4 Å². The average Bonchev–Trinajstić information content (AvgIpc) is 2.46. The minimum Gasteiger partial charge on any atom is -0.508 e. The Hall–Kier alpha value is -2.41. The molecule has 0 aromatic heterocycles. The van der Waals surface area contributed by atoms with Crippen LogP contribution in [-0.4, -0.2) is 39.8 Å². The molecule has 0 unspecified atom stereocenters.